The van der Waals surface area contributed by atoms with Gasteiger partial charge in [0.15, 0.2) is 17.3 Å². The van der Waals surface area contributed by atoms with Gasteiger partial charge in [-0.05, 0) is 28.7 Å². The van der Waals surface area contributed by atoms with Crippen LogP contribution in [0, 0.1) is 11.6 Å². The molecule has 9 heteroatoms. The highest BCUT2D eigenvalue weighted by Crippen LogP contribution is 2.23. The first kappa shape index (κ1) is 22.4. The van der Waals surface area contributed by atoms with Crippen LogP contribution in [0.25, 0.3) is 0 Å². The quantitative estimate of drug-likeness (QED) is 0.491. The first-order valence-electron chi connectivity index (χ1n) is 9.43. The lowest BCUT2D eigenvalue weighted by Crippen LogP contribution is -2.23. The molecular weight excluding hydrogens is 426 g/mol. The van der Waals surface area contributed by atoms with E-state index in [4.69, 9.17) is 11.6 Å². The Morgan fingerprint density at radius 1 is 1.03 bits per heavy atom. The number of carbonyl (C=O) groups excluding carboxylic acids is 2. The van der Waals surface area contributed by atoms with Gasteiger partial charge in [-0.25, -0.2) is 8.78 Å². The van der Waals surface area contributed by atoms with E-state index in [1.165, 1.54) is 11.6 Å². The molecule has 0 spiro atoms. The van der Waals surface area contributed by atoms with Crippen LogP contribution in [0.3, 0.4) is 0 Å². The van der Waals surface area contributed by atoms with Crippen LogP contribution in [0.15, 0.2) is 42.5 Å². The van der Waals surface area contributed by atoms with Crippen LogP contribution in [-0.4, -0.2) is 22.0 Å². The Morgan fingerprint density at radius 2 is 1.68 bits per heavy atom. The monoisotopic (exact) mass is 446 g/mol. The van der Waals surface area contributed by atoms with Gasteiger partial charge in [-0.3, -0.25) is 14.7 Å². The van der Waals surface area contributed by atoms with Gasteiger partial charge in [-0.2, -0.15) is 5.10 Å². The van der Waals surface area contributed by atoms with E-state index in [9.17, 15) is 18.4 Å². The Morgan fingerprint density at radius 3 is 2.32 bits per heavy atom. The molecule has 3 N–H and O–H groups in total. The summed E-state index contributed by atoms with van der Waals surface area (Å²) in [7, 11) is 0. The van der Waals surface area contributed by atoms with E-state index in [0.29, 0.717) is 18.7 Å². The second-order valence-corrected chi connectivity index (χ2v) is 8.40. The SMILES string of the molecule is CC(C)(C)c1ccc(CNC(=O)c2cc(NC(=O)c3cc(F)c(F)cc3Cl)[nH]n2)cc1. The molecule has 3 aromatic rings. The third-order valence-electron chi connectivity index (χ3n) is 4.59. The average Bonchev–Trinajstić information content (AvgIpc) is 3.17. The molecule has 0 saturated carbocycles. The molecule has 0 aliphatic rings. The number of halogens is 3. The second-order valence-electron chi connectivity index (χ2n) is 8.00. The number of hydrogen-bond donors (Lipinski definition) is 3. The van der Waals surface area contributed by atoms with Crippen LogP contribution in [0.5, 0.6) is 0 Å². The molecule has 0 atom stereocenters. The highest BCUT2D eigenvalue weighted by Gasteiger charge is 2.17. The van der Waals surface area contributed by atoms with Crippen molar-refractivity contribution in [3.63, 3.8) is 0 Å². The molecule has 0 fully saturated rings. The predicted molar refractivity (Wildman–Crippen MR) is 114 cm³/mol. The molecule has 0 radical (unpaired) electrons. The van der Waals surface area contributed by atoms with Gasteiger partial charge in [0, 0.05) is 12.6 Å². The molecular formula is C22H21ClF2N4O2. The first-order chi connectivity index (χ1) is 14.5. The third kappa shape index (κ3) is 5.46. The van der Waals surface area contributed by atoms with Crippen molar-refractivity contribution >= 4 is 29.2 Å². The van der Waals surface area contributed by atoms with E-state index in [-0.39, 0.29) is 27.5 Å². The zero-order valence-corrected chi connectivity index (χ0v) is 17.9. The zero-order valence-electron chi connectivity index (χ0n) is 17.1. The highest BCUT2D eigenvalue weighted by molar-refractivity contribution is 6.34. The van der Waals surface area contributed by atoms with E-state index in [0.717, 1.165) is 5.56 Å². The summed E-state index contributed by atoms with van der Waals surface area (Å²) in [5, 5.41) is 11.3. The number of hydrogen-bond acceptors (Lipinski definition) is 3. The standard InChI is InChI=1S/C22H21ClF2N4O2/c1-22(2,3)13-6-4-12(5-7-13)11-26-21(31)18-10-19(29-28-18)27-20(30)14-8-16(24)17(25)9-15(14)23/h4-10H,11H2,1-3H3,(H,26,31)(H2,27,28,29,30). The van der Waals surface area contributed by atoms with Gasteiger partial charge in [0.2, 0.25) is 0 Å². The summed E-state index contributed by atoms with van der Waals surface area (Å²) < 4.78 is 26.5. The number of aromatic amines is 1. The highest BCUT2D eigenvalue weighted by atomic mass is 35.5. The van der Waals surface area contributed by atoms with Crippen molar-refractivity contribution in [2.24, 2.45) is 0 Å². The van der Waals surface area contributed by atoms with E-state index in [2.05, 4.69) is 41.6 Å². The number of anilines is 1. The molecule has 0 saturated heterocycles. The Hall–Kier alpha value is -3.26. The molecule has 0 bridgehead atoms. The van der Waals surface area contributed by atoms with E-state index < -0.39 is 23.4 Å². The fraction of sp³-hybridized carbons (Fsp3) is 0.227. The molecule has 31 heavy (non-hydrogen) atoms. The number of nitrogens with one attached hydrogen (secondary N) is 3. The van der Waals surface area contributed by atoms with Crippen molar-refractivity contribution < 1.29 is 18.4 Å². The summed E-state index contributed by atoms with van der Waals surface area (Å²) in [6.07, 6.45) is 0. The molecule has 6 nitrogen and oxygen atoms in total. The molecule has 0 unspecified atom stereocenters. The lowest BCUT2D eigenvalue weighted by Gasteiger charge is -2.19. The fourth-order valence-corrected chi connectivity index (χ4v) is 3.02. The van der Waals surface area contributed by atoms with Gasteiger partial charge in [-0.1, -0.05) is 56.6 Å². The van der Waals surface area contributed by atoms with Gasteiger partial charge < -0.3 is 10.6 Å². The zero-order chi connectivity index (χ0) is 22.8. The minimum Gasteiger partial charge on any atom is -0.347 e. The average molecular weight is 447 g/mol. The summed E-state index contributed by atoms with van der Waals surface area (Å²) >= 11 is 5.79. The Labute approximate surface area is 183 Å². The van der Waals surface area contributed by atoms with Crippen LogP contribution in [0.1, 0.15) is 52.7 Å². The van der Waals surface area contributed by atoms with Gasteiger partial charge in [-0.15, -0.1) is 0 Å². The number of aromatic nitrogens is 2. The van der Waals surface area contributed by atoms with Crippen molar-refractivity contribution in [1.29, 1.82) is 0 Å². The smallest absolute Gasteiger partial charge is 0.272 e. The van der Waals surface area contributed by atoms with Crippen molar-refractivity contribution in [2.75, 3.05) is 5.32 Å². The van der Waals surface area contributed by atoms with Gasteiger partial charge >= 0.3 is 0 Å². The maximum absolute atomic E-state index is 13.4. The topological polar surface area (TPSA) is 86.9 Å². The Kier molecular flexibility index (Phi) is 6.40. The van der Waals surface area contributed by atoms with Crippen LogP contribution in [0.4, 0.5) is 14.6 Å². The second kappa shape index (κ2) is 8.85. The van der Waals surface area contributed by atoms with Crippen molar-refractivity contribution in [1.82, 2.24) is 15.5 Å². The molecule has 2 amide bonds. The van der Waals surface area contributed by atoms with Crippen molar-refractivity contribution in [3.05, 3.63) is 81.5 Å². The van der Waals surface area contributed by atoms with Crippen LogP contribution in [-0.2, 0) is 12.0 Å². The minimum absolute atomic E-state index is 0.0432. The molecule has 0 aliphatic carbocycles. The molecule has 2 aromatic carbocycles. The summed E-state index contributed by atoms with van der Waals surface area (Å²) in [6.45, 7) is 6.68. The number of H-pyrrole nitrogens is 1. The number of nitrogens with zero attached hydrogens (tertiary/aromatic N) is 1. The number of carbonyl (C=O) groups is 2. The van der Waals surface area contributed by atoms with Crippen molar-refractivity contribution in [2.45, 2.75) is 32.7 Å². The predicted octanol–water partition coefficient (Wildman–Crippen LogP) is 4.82. The van der Waals surface area contributed by atoms with Gasteiger partial charge in [0.05, 0.1) is 10.6 Å². The normalized spacial score (nSPS) is 11.3. The molecule has 1 heterocycles. The summed E-state index contributed by atoms with van der Waals surface area (Å²) in [5.41, 5.74) is 1.97. The maximum atomic E-state index is 13.4. The minimum atomic E-state index is -1.20. The van der Waals surface area contributed by atoms with E-state index in [1.54, 1.807) is 0 Å². The molecule has 3 rings (SSSR count). The van der Waals surface area contributed by atoms with Crippen molar-refractivity contribution in [3.8, 4) is 0 Å². The molecule has 0 aliphatic heterocycles. The maximum Gasteiger partial charge on any atom is 0.272 e. The van der Waals surface area contributed by atoms with E-state index >= 15 is 0 Å². The summed E-state index contributed by atoms with van der Waals surface area (Å²) in [6, 6.07) is 10.7. The van der Waals surface area contributed by atoms with Crippen LogP contribution < -0.4 is 10.6 Å². The number of amides is 2. The van der Waals surface area contributed by atoms with Crippen LogP contribution in [0.2, 0.25) is 5.02 Å². The number of benzene rings is 2. The molecule has 162 valence electrons. The summed E-state index contributed by atoms with van der Waals surface area (Å²) in [5.74, 6) is -3.48. The Bertz CT molecular complexity index is 1120. The first-order valence-corrected chi connectivity index (χ1v) is 9.81. The molecule has 1 aromatic heterocycles. The largest absolute Gasteiger partial charge is 0.347 e. The van der Waals surface area contributed by atoms with E-state index in [1.807, 2.05) is 24.3 Å². The fourth-order valence-electron chi connectivity index (χ4n) is 2.78. The lowest BCUT2D eigenvalue weighted by molar-refractivity contribution is 0.0945. The third-order valence-corrected chi connectivity index (χ3v) is 4.90. The van der Waals surface area contributed by atoms with Crippen LogP contribution >= 0.6 is 11.6 Å². The van der Waals surface area contributed by atoms with Gasteiger partial charge in [0.25, 0.3) is 11.8 Å². The van der Waals surface area contributed by atoms with Gasteiger partial charge in [0.1, 0.15) is 5.82 Å². The summed E-state index contributed by atoms with van der Waals surface area (Å²) in [4.78, 5) is 24.6. The Balaban J connectivity index is 1.61. The lowest BCUT2D eigenvalue weighted by atomic mass is 9.87. The number of rotatable bonds is 5.